The zero-order valence-electron chi connectivity index (χ0n) is 31.2. The molecule has 2 saturated carbocycles. The molecule has 0 radical (unpaired) electrons. The second-order valence-electron chi connectivity index (χ2n) is 15.8. The molecule has 7 rings (SSSR count). The van der Waals surface area contributed by atoms with Gasteiger partial charge in [0.25, 0.3) is 0 Å². The minimum Gasteiger partial charge on any atom is -0.423 e. The Labute approximate surface area is 310 Å². The highest BCUT2D eigenvalue weighted by molar-refractivity contribution is 5.95. The number of esters is 1. The number of hydrogen-bond donors (Lipinski definition) is 3. The normalized spacial score (nSPS) is 39.2. The molecule has 0 aromatic carbocycles. The minimum absolute atomic E-state index is 0.0149. The summed E-state index contributed by atoms with van der Waals surface area (Å²) in [7, 11) is 1.95. The number of nitrogens with zero attached hydrogens (tertiary/aromatic N) is 3. The molecular formula is C39H52N4O10. The Hall–Kier alpha value is -3.75. The monoisotopic (exact) mass is 736 g/mol. The third-order valence-electron chi connectivity index (χ3n) is 13.0. The molecule has 5 aliphatic heterocycles. The van der Waals surface area contributed by atoms with Gasteiger partial charge in [-0.1, -0.05) is 39.0 Å². The number of nitrogens with one attached hydrogen (secondary N) is 1. The van der Waals surface area contributed by atoms with Gasteiger partial charge < -0.3 is 34.6 Å². The highest BCUT2D eigenvalue weighted by atomic mass is 16.6. The van der Waals surface area contributed by atoms with Gasteiger partial charge in [-0.25, -0.2) is 4.79 Å². The van der Waals surface area contributed by atoms with Crippen LogP contribution < -0.4 is 5.32 Å². The fraction of sp³-hybridized carbons (Fsp3) is 0.641. The van der Waals surface area contributed by atoms with Crippen LogP contribution >= 0.6 is 0 Å². The van der Waals surface area contributed by atoms with Gasteiger partial charge in [0.2, 0.25) is 11.8 Å². The van der Waals surface area contributed by atoms with Gasteiger partial charge in [0.15, 0.2) is 0 Å². The zero-order valence-corrected chi connectivity index (χ0v) is 31.2. The summed E-state index contributed by atoms with van der Waals surface area (Å²) in [4.78, 5) is 61.5. The molecule has 3 saturated heterocycles. The Balaban J connectivity index is 0.00000155. The number of ether oxygens (including phenoxy) is 3. The van der Waals surface area contributed by atoms with E-state index in [2.05, 4.69) is 23.2 Å². The van der Waals surface area contributed by atoms with Gasteiger partial charge in [0.1, 0.15) is 17.5 Å². The average molecular weight is 737 g/mol. The summed E-state index contributed by atoms with van der Waals surface area (Å²) in [5.41, 5.74) is -0.559. The van der Waals surface area contributed by atoms with Crippen LogP contribution in [0.4, 0.5) is 0 Å². The number of aliphatic hydroxyl groups is 2. The van der Waals surface area contributed by atoms with Crippen molar-refractivity contribution >= 4 is 23.9 Å². The van der Waals surface area contributed by atoms with Gasteiger partial charge in [0, 0.05) is 36.7 Å². The number of carbonyl (C=O) groups excluding carboxylic acids is 5. The maximum absolute atomic E-state index is 13.5. The lowest BCUT2D eigenvalue weighted by atomic mass is 9.44. The summed E-state index contributed by atoms with van der Waals surface area (Å²) < 4.78 is 17.5. The van der Waals surface area contributed by atoms with E-state index in [1.807, 2.05) is 57.1 Å². The van der Waals surface area contributed by atoms with Crippen LogP contribution in [-0.4, -0.2) is 131 Å². The van der Waals surface area contributed by atoms with Crippen LogP contribution in [0.1, 0.15) is 53.4 Å². The van der Waals surface area contributed by atoms with Gasteiger partial charge in [0.05, 0.1) is 50.2 Å². The minimum atomic E-state index is -0.753. The Morgan fingerprint density at radius 3 is 2.55 bits per heavy atom. The zero-order chi connectivity index (χ0) is 38.3. The van der Waals surface area contributed by atoms with E-state index >= 15 is 0 Å². The van der Waals surface area contributed by atoms with Crippen molar-refractivity contribution in [3.63, 3.8) is 0 Å². The molecule has 0 aromatic heterocycles. The number of morpholine rings is 1. The average Bonchev–Trinajstić information content (AvgIpc) is 3.80. The first-order chi connectivity index (χ1) is 25.3. The summed E-state index contributed by atoms with van der Waals surface area (Å²) in [6.07, 6.45) is 15.2. The van der Waals surface area contributed by atoms with E-state index in [-0.39, 0.29) is 60.1 Å². The molecule has 14 nitrogen and oxygen atoms in total. The van der Waals surface area contributed by atoms with Crippen molar-refractivity contribution < 1.29 is 48.4 Å². The standard InChI is InChI=1S/C38H52N4O8.CO2/c1-6-27-34(46)42-20-24(7-10-32(42)40(27)5)17-26-18-25(35(47)50-26)8-9-28-36(3)12-11-31(44)37(4,21-43)29(36)19-30(38(28)22-49-38)39-23(2)33(45)41-13-15-48-16-14-41;2-1-3/h7-10,17-18,20,23,27-32,39,43-44H,6,11-16,19,21-22H2,1-5H3;/b9-8+,26-17+;/t23?,27?,28?,29?,30?,31-,32?,36-,37+,38?;/m1./s1. The number of hydrogen-bond acceptors (Lipinski definition) is 12. The van der Waals surface area contributed by atoms with Crippen LogP contribution in [0.2, 0.25) is 0 Å². The molecular weight excluding hydrogens is 684 g/mol. The van der Waals surface area contributed by atoms with Gasteiger partial charge in [-0.2, -0.15) is 9.59 Å². The van der Waals surface area contributed by atoms with E-state index in [1.165, 1.54) is 0 Å². The van der Waals surface area contributed by atoms with Crippen LogP contribution in [0.15, 0.2) is 59.6 Å². The van der Waals surface area contributed by atoms with Gasteiger partial charge in [-0.3, -0.25) is 19.4 Å². The molecule has 10 atom stereocenters. The van der Waals surface area contributed by atoms with Gasteiger partial charge in [-0.05, 0) is 74.8 Å². The van der Waals surface area contributed by atoms with Crippen molar-refractivity contribution in [2.75, 3.05) is 46.6 Å². The van der Waals surface area contributed by atoms with E-state index in [0.717, 1.165) is 18.4 Å². The van der Waals surface area contributed by atoms with E-state index < -0.39 is 29.1 Å². The Bertz CT molecular complexity index is 1650. The topological polar surface area (TPSA) is 179 Å². The summed E-state index contributed by atoms with van der Waals surface area (Å²) in [6.45, 7) is 10.6. The van der Waals surface area contributed by atoms with Crippen LogP contribution in [0.25, 0.3) is 0 Å². The maximum Gasteiger partial charge on any atom is 0.373 e. The van der Waals surface area contributed by atoms with Gasteiger partial charge >= 0.3 is 12.1 Å². The van der Waals surface area contributed by atoms with Crippen molar-refractivity contribution in [2.24, 2.45) is 22.7 Å². The molecule has 5 heterocycles. The summed E-state index contributed by atoms with van der Waals surface area (Å²) in [6, 6.07) is -0.857. The van der Waals surface area contributed by atoms with E-state index in [4.69, 9.17) is 23.8 Å². The Kier molecular flexibility index (Phi) is 11.2. The van der Waals surface area contributed by atoms with Crippen molar-refractivity contribution in [1.29, 1.82) is 0 Å². The molecule has 53 heavy (non-hydrogen) atoms. The van der Waals surface area contributed by atoms with Crippen LogP contribution in [0.3, 0.4) is 0 Å². The number of amides is 2. The predicted octanol–water partition coefficient (Wildman–Crippen LogP) is 1.43. The molecule has 1 spiro atoms. The number of allylic oxidation sites excluding steroid dienone is 4. The highest BCUT2D eigenvalue weighted by Gasteiger charge is 2.70. The van der Waals surface area contributed by atoms with Crippen molar-refractivity contribution in [3.8, 4) is 0 Å². The summed E-state index contributed by atoms with van der Waals surface area (Å²) in [5, 5.41) is 25.6. The number of likely N-dealkylation sites (N-methyl/N-ethyl adjacent to an activating group) is 1. The summed E-state index contributed by atoms with van der Waals surface area (Å²) in [5.74, 6) is -0.271. The highest BCUT2D eigenvalue weighted by Crippen LogP contribution is 2.65. The SMILES string of the molecule is CCC1C(=O)N2C=C(/C=C3C=C(/C=C/C4C5(CO5)C(NC(C)C(=O)N5CCOCC5)CC5[C@]4(C)CC[C@@H](O)[C@@]5(C)CO)C(=O)O\3)C=CC2N1C.O=C=O. The molecule has 5 fully saturated rings. The van der Waals surface area contributed by atoms with E-state index in [1.54, 1.807) is 17.1 Å². The molecule has 0 aromatic rings. The number of cyclic esters (lactones) is 1. The Morgan fingerprint density at radius 1 is 1.21 bits per heavy atom. The largest absolute Gasteiger partial charge is 0.423 e. The van der Waals surface area contributed by atoms with Crippen molar-refractivity contribution in [3.05, 3.63) is 59.6 Å². The molecule has 0 bridgehead atoms. The molecule has 14 heteroatoms. The lowest BCUT2D eigenvalue weighted by Crippen LogP contribution is -2.67. The molecule has 3 N–H and O–H groups in total. The quantitative estimate of drug-likeness (QED) is 0.242. The first-order valence-corrected chi connectivity index (χ1v) is 18.6. The van der Waals surface area contributed by atoms with Crippen LogP contribution in [0.5, 0.6) is 0 Å². The second-order valence-corrected chi connectivity index (χ2v) is 15.8. The number of fused-ring (bicyclic) bond motifs is 2. The fourth-order valence-electron chi connectivity index (χ4n) is 9.89. The van der Waals surface area contributed by atoms with Crippen LogP contribution in [-0.2, 0) is 38.2 Å². The number of aliphatic hydroxyl groups excluding tert-OH is 2. The maximum atomic E-state index is 13.5. The van der Waals surface area contributed by atoms with Crippen molar-refractivity contribution in [2.45, 2.75) is 89.4 Å². The number of rotatable bonds is 8. The third-order valence-corrected chi connectivity index (χ3v) is 13.0. The number of epoxide rings is 1. The molecule has 7 unspecified atom stereocenters. The number of carbonyl (C=O) groups is 3. The summed E-state index contributed by atoms with van der Waals surface area (Å²) >= 11 is 0. The molecule has 288 valence electrons. The van der Waals surface area contributed by atoms with E-state index in [9.17, 15) is 24.6 Å². The molecule has 2 amide bonds. The third kappa shape index (κ3) is 6.91. The second kappa shape index (κ2) is 15.2. The predicted molar refractivity (Wildman–Crippen MR) is 189 cm³/mol. The molecule has 7 aliphatic rings. The molecule has 2 aliphatic carbocycles. The fourth-order valence-corrected chi connectivity index (χ4v) is 9.89. The lowest BCUT2D eigenvalue weighted by molar-refractivity contribution is -0.191. The van der Waals surface area contributed by atoms with Crippen LogP contribution in [0, 0.1) is 22.7 Å². The first-order valence-electron chi connectivity index (χ1n) is 18.6. The van der Waals surface area contributed by atoms with E-state index in [0.29, 0.717) is 57.1 Å². The van der Waals surface area contributed by atoms with Gasteiger partial charge in [-0.15, -0.1) is 0 Å². The smallest absolute Gasteiger partial charge is 0.373 e. The lowest BCUT2D eigenvalue weighted by Gasteiger charge is -2.62. The van der Waals surface area contributed by atoms with Crippen molar-refractivity contribution in [1.82, 2.24) is 20.0 Å². The first kappa shape index (κ1) is 39.0. The Morgan fingerprint density at radius 2 is 1.91 bits per heavy atom.